The number of hydrogen-bond donors (Lipinski definition) is 1. The van der Waals surface area contributed by atoms with Crippen LogP contribution < -0.4 is 5.32 Å². The molecular formula is C13H7Cl2FN2. The first-order valence-electron chi connectivity index (χ1n) is 5.02. The third-order valence-electron chi connectivity index (χ3n) is 2.30. The maximum absolute atomic E-state index is 13.0. The highest BCUT2D eigenvalue weighted by atomic mass is 35.5. The third-order valence-corrected chi connectivity index (χ3v) is 2.86. The first-order valence-corrected chi connectivity index (χ1v) is 5.77. The first kappa shape index (κ1) is 12.7. The average molecular weight is 281 g/mol. The van der Waals surface area contributed by atoms with Crippen molar-refractivity contribution in [3.05, 3.63) is 57.8 Å². The van der Waals surface area contributed by atoms with Crippen LogP contribution >= 0.6 is 23.2 Å². The number of hydrogen-bond acceptors (Lipinski definition) is 2. The molecule has 0 heterocycles. The zero-order valence-electron chi connectivity index (χ0n) is 9.05. The molecule has 0 spiro atoms. The van der Waals surface area contributed by atoms with E-state index in [4.69, 9.17) is 28.5 Å². The van der Waals surface area contributed by atoms with Crippen molar-refractivity contribution in [2.75, 3.05) is 5.32 Å². The van der Waals surface area contributed by atoms with Gasteiger partial charge >= 0.3 is 0 Å². The van der Waals surface area contributed by atoms with Crippen molar-refractivity contribution in [2.45, 2.75) is 0 Å². The summed E-state index contributed by atoms with van der Waals surface area (Å²) in [4.78, 5) is 0. The van der Waals surface area contributed by atoms with Crippen LogP contribution in [0.4, 0.5) is 15.8 Å². The van der Waals surface area contributed by atoms with Gasteiger partial charge in [-0.1, -0.05) is 23.2 Å². The molecule has 0 radical (unpaired) electrons. The number of halogens is 3. The van der Waals surface area contributed by atoms with Gasteiger partial charge in [0.2, 0.25) is 0 Å². The van der Waals surface area contributed by atoms with Crippen molar-refractivity contribution in [1.29, 1.82) is 5.26 Å². The van der Waals surface area contributed by atoms with Crippen LogP contribution in [0.5, 0.6) is 0 Å². The molecular weight excluding hydrogens is 274 g/mol. The SMILES string of the molecule is N#Cc1cc(F)ccc1Nc1cc(Cl)ccc1Cl. The van der Waals surface area contributed by atoms with Gasteiger partial charge in [0.05, 0.1) is 22.0 Å². The Morgan fingerprint density at radius 1 is 1.06 bits per heavy atom. The van der Waals surface area contributed by atoms with Crippen molar-refractivity contribution in [1.82, 2.24) is 0 Å². The standard InChI is InChI=1S/C13H7Cl2FN2/c14-9-1-3-11(15)13(6-9)18-12-4-2-10(16)5-8(12)7-17/h1-6,18H. The molecule has 1 N–H and O–H groups in total. The van der Waals surface area contributed by atoms with Crippen LogP contribution in [-0.2, 0) is 0 Å². The van der Waals surface area contributed by atoms with Crippen LogP contribution in [0.25, 0.3) is 0 Å². The van der Waals surface area contributed by atoms with Gasteiger partial charge in [-0.05, 0) is 36.4 Å². The highest BCUT2D eigenvalue weighted by Gasteiger charge is 2.07. The molecule has 0 atom stereocenters. The Bertz CT molecular complexity index is 635. The van der Waals surface area contributed by atoms with Crippen LogP contribution in [0.1, 0.15) is 5.56 Å². The number of anilines is 2. The fourth-order valence-corrected chi connectivity index (χ4v) is 1.79. The minimum absolute atomic E-state index is 0.200. The summed E-state index contributed by atoms with van der Waals surface area (Å²) < 4.78 is 13.0. The lowest BCUT2D eigenvalue weighted by molar-refractivity contribution is 0.627. The van der Waals surface area contributed by atoms with Gasteiger partial charge in [0.15, 0.2) is 0 Å². The second-order valence-electron chi connectivity index (χ2n) is 3.55. The monoisotopic (exact) mass is 280 g/mol. The molecule has 2 aromatic rings. The average Bonchev–Trinajstić information content (AvgIpc) is 2.36. The predicted molar refractivity (Wildman–Crippen MR) is 70.9 cm³/mol. The lowest BCUT2D eigenvalue weighted by atomic mass is 10.2. The summed E-state index contributed by atoms with van der Waals surface area (Å²) in [5.41, 5.74) is 1.24. The van der Waals surface area contributed by atoms with E-state index in [0.717, 1.165) is 6.07 Å². The van der Waals surface area contributed by atoms with Crippen molar-refractivity contribution >= 4 is 34.6 Å². The molecule has 18 heavy (non-hydrogen) atoms. The second kappa shape index (κ2) is 5.26. The number of benzene rings is 2. The van der Waals surface area contributed by atoms with Crippen molar-refractivity contribution < 1.29 is 4.39 Å². The van der Waals surface area contributed by atoms with Gasteiger partial charge in [-0.2, -0.15) is 5.26 Å². The molecule has 0 aliphatic heterocycles. The molecule has 2 nitrogen and oxygen atoms in total. The quantitative estimate of drug-likeness (QED) is 0.862. The van der Waals surface area contributed by atoms with Gasteiger partial charge in [-0.15, -0.1) is 0 Å². The van der Waals surface area contributed by atoms with E-state index in [1.54, 1.807) is 18.2 Å². The van der Waals surface area contributed by atoms with Crippen LogP contribution in [0.2, 0.25) is 10.0 Å². The highest BCUT2D eigenvalue weighted by Crippen LogP contribution is 2.29. The zero-order chi connectivity index (χ0) is 13.1. The van der Waals surface area contributed by atoms with E-state index in [9.17, 15) is 4.39 Å². The third kappa shape index (κ3) is 2.73. The second-order valence-corrected chi connectivity index (χ2v) is 4.39. The van der Waals surface area contributed by atoms with E-state index in [0.29, 0.717) is 21.4 Å². The summed E-state index contributed by atoms with van der Waals surface area (Å²) in [5, 5.41) is 12.9. The zero-order valence-corrected chi connectivity index (χ0v) is 10.6. The summed E-state index contributed by atoms with van der Waals surface area (Å²) in [6.07, 6.45) is 0. The summed E-state index contributed by atoms with van der Waals surface area (Å²) >= 11 is 11.9. The number of nitriles is 1. The molecule has 2 rings (SSSR count). The molecule has 0 aromatic heterocycles. The smallest absolute Gasteiger partial charge is 0.124 e. The molecule has 0 saturated heterocycles. The predicted octanol–water partition coefficient (Wildman–Crippen LogP) is 4.75. The Balaban J connectivity index is 2.40. The molecule has 0 fully saturated rings. The lowest BCUT2D eigenvalue weighted by Crippen LogP contribution is -1.95. The highest BCUT2D eigenvalue weighted by molar-refractivity contribution is 6.35. The van der Waals surface area contributed by atoms with Crippen molar-refractivity contribution in [3.8, 4) is 6.07 Å². The Morgan fingerprint density at radius 3 is 2.56 bits per heavy atom. The fraction of sp³-hybridized carbons (Fsp3) is 0. The van der Waals surface area contributed by atoms with Gasteiger partial charge in [0, 0.05) is 5.02 Å². The van der Waals surface area contributed by atoms with Crippen LogP contribution in [0.15, 0.2) is 36.4 Å². The van der Waals surface area contributed by atoms with Gasteiger partial charge < -0.3 is 5.32 Å². The van der Waals surface area contributed by atoms with Crippen LogP contribution in [-0.4, -0.2) is 0 Å². The minimum Gasteiger partial charge on any atom is -0.353 e. The first-order chi connectivity index (χ1) is 8.60. The fourth-order valence-electron chi connectivity index (χ4n) is 1.46. The summed E-state index contributed by atoms with van der Waals surface area (Å²) in [6.45, 7) is 0. The molecule has 90 valence electrons. The number of rotatable bonds is 2. The molecule has 2 aromatic carbocycles. The molecule has 0 amide bonds. The van der Waals surface area contributed by atoms with E-state index in [-0.39, 0.29) is 5.56 Å². The Morgan fingerprint density at radius 2 is 1.83 bits per heavy atom. The van der Waals surface area contributed by atoms with Gasteiger partial charge in [-0.25, -0.2) is 4.39 Å². The van der Waals surface area contributed by atoms with Crippen LogP contribution in [0, 0.1) is 17.1 Å². The minimum atomic E-state index is -0.464. The van der Waals surface area contributed by atoms with Crippen LogP contribution in [0.3, 0.4) is 0 Å². The van der Waals surface area contributed by atoms with Crippen molar-refractivity contribution in [3.63, 3.8) is 0 Å². The van der Waals surface area contributed by atoms with Gasteiger partial charge in [0.1, 0.15) is 11.9 Å². The number of nitrogens with zero attached hydrogens (tertiary/aromatic N) is 1. The Hall–Kier alpha value is -1.76. The van der Waals surface area contributed by atoms with E-state index in [1.165, 1.54) is 12.1 Å². The number of nitrogens with one attached hydrogen (secondary N) is 1. The van der Waals surface area contributed by atoms with Gasteiger partial charge in [-0.3, -0.25) is 0 Å². The molecule has 0 aliphatic carbocycles. The largest absolute Gasteiger partial charge is 0.353 e. The van der Waals surface area contributed by atoms with Crippen molar-refractivity contribution in [2.24, 2.45) is 0 Å². The maximum atomic E-state index is 13.0. The topological polar surface area (TPSA) is 35.8 Å². The molecule has 5 heteroatoms. The van der Waals surface area contributed by atoms with Gasteiger partial charge in [0.25, 0.3) is 0 Å². The summed E-state index contributed by atoms with van der Waals surface area (Å²) in [5.74, 6) is -0.464. The molecule has 0 bridgehead atoms. The molecule has 0 saturated carbocycles. The van der Waals surface area contributed by atoms with E-state index in [1.807, 2.05) is 6.07 Å². The Kier molecular flexibility index (Phi) is 3.71. The van der Waals surface area contributed by atoms with E-state index >= 15 is 0 Å². The van der Waals surface area contributed by atoms with E-state index < -0.39 is 5.82 Å². The molecule has 0 aliphatic rings. The maximum Gasteiger partial charge on any atom is 0.124 e. The summed E-state index contributed by atoms with van der Waals surface area (Å²) in [7, 11) is 0. The Labute approximate surface area is 114 Å². The summed E-state index contributed by atoms with van der Waals surface area (Å²) in [6, 6.07) is 10.7. The molecule has 0 unspecified atom stereocenters. The van der Waals surface area contributed by atoms with E-state index in [2.05, 4.69) is 5.32 Å². The lowest BCUT2D eigenvalue weighted by Gasteiger charge is -2.10. The normalized spacial score (nSPS) is 9.89.